The van der Waals surface area contributed by atoms with E-state index < -0.39 is 62.1 Å². The quantitative estimate of drug-likeness (QED) is 0.0263. The summed E-state index contributed by atoms with van der Waals surface area (Å²) in [6.07, 6.45) is -2.47. The van der Waals surface area contributed by atoms with Gasteiger partial charge in [-0.05, 0) is 45.2 Å². The normalized spacial score (nSPS) is 13.6. The largest absolute Gasteiger partial charge is 0.459 e. The Morgan fingerprint density at radius 3 is 1.76 bits per heavy atom. The molecule has 0 radical (unpaired) electrons. The molecule has 282 valence electrons. The Morgan fingerprint density at radius 1 is 0.796 bits per heavy atom. The lowest BCUT2D eigenvalue weighted by Gasteiger charge is -2.44. The van der Waals surface area contributed by atoms with Crippen LogP contribution in [0.25, 0.3) is 10.4 Å². The average Bonchev–Trinajstić information content (AvgIpc) is 3.19. The summed E-state index contributed by atoms with van der Waals surface area (Å²) in [7, 11) is -1.90. The zero-order valence-electron chi connectivity index (χ0n) is 30.6. The van der Waals surface area contributed by atoms with E-state index in [-0.39, 0.29) is 24.5 Å². The summed E-state index contributed by atoms with van der Waals surface area (Å²) in [6.45, 7) is 5.03. The first kappa shape index (κ1) is 41.1. The fourth-order valence-electron chi connectivity index (χ4n) is 5.99. The van der Waals surface area contributed by atoms with Crippen LogP contribution in [0.1, 0.15) is 41.5 Å². The number of hydrogen-bond acceptors (Lipinski definition) is 10. The third-order valence-electron chi connectivity index (χ3n) is 8.59. The summed E-state index contributed by atoms with van der Waals surface area (Å²) < 4.78 is 28.9. The molecule has 14 heteroatoms. The second kappa shape index (κ2) is 20.0. The van der Waals surface area contributed by atoms with E-state index in [4.69, 9.17) is 23.4 Å². The SMILES string of the molecule is COCO[C@H](COC(=O)c1ccccc1)[C@H](N=[N+]=[N-])C(=O)N[C@@H](CO[Si](c1ccccc1)(c1ccccc1)C(C)(C)C)[C@H](C=O)OC(=O)c1ccccc1. The third-order valence-corrected chi connectivity index (χ3v) is 13.6. The van der Waals surface area contributed by atoms with Gasteiger partial charge in [-0.25, -0.2) is 9.59 Å². The van der Waals surface area contributed by atoms with Gasteiger partial charge in [0.2, 0.25) is 5.91 Å². The number of hydrogen-bond donors (Lipinski definition) is 1. The molecule has 0 aromatic heterocycles. The van der Waals surface area contributed by atoms with Crippen LogP contribution in [0.5, 0.6) is 0 Å². The van der Waals surface area contributed by atoms with Crippen molar-refractivity contribution in [2.24, 2.45) is 5.11 Å². The van der Waals surface area contributed by atoms with Crippen molar-refractivity contribution in [1.29, 1.82) is 0 Å². The molecular formula is C40H44N4O9Si. The smallest absolute Gasteiger partial charge is 0.338 e. The molecule has 0 aliphatic heterocycles. The molecule has 0 fully saturated rings. The van der Waals surface area contributed by atoms with Crippen molar-refractivity contribution in [3.63, 3.8) is 0 Å². The van der Waals surface area contributed by atoms with E-state index in [1.165, 1.54) is 19.2 Å². The Hall–Kier alpha value is -5.63. The summed E-state index contributed by atoms with van der Waals surface area (Å²) in [6, 6.07) is 32.7. The van der Waals surface area contributed by atoms with Crippen molar-refractivity contribution in [1.82, 2.24) is 5.32 Å². The first-order chi connectivity index (χ1) is 26.0. The first-order valence-corrected chi connectivity index (χ1v) is 19.1. The standard InChI is InChI=1S/C40H44N4O9Si/c1-40(2,3)54(31-21-13-7-14-22-31,32-23-15-8-16-24-32)52-26-33(34(25-45)53-39(48)30-19-11-6-12-20-30)42-37(46)36(43-44-41)35(51-28-49-4)27-50-38(47)29-17-9-5-10-18-29/h5-25,33-36H,26-28H2,1-4H3,(H,42,46)/t33-,34-,35+,36-/m0/s1. The molecule has 0 saturated heterocycles. The summed E-state index contributed by atoms with van der Waals surface area (Å²) >= 11 is 0. The maximum Gasteiger partial charge on any atom is 0.338 e. The number of benzene rings is 4. The second-order valence-electron chi connectivity index (χ2n) is 13.2. The van der Waals surface area contributed by atoms with Gasteiger partial charge in [0.15, 0.2) is 12.4 Å². The molecule has 0 bridgehead atoms. The van der Waals surface area contributed by atoms with Crippen molar-refractivity contribution in [2.45, 2.75) is 50.1 Å². The number of azide groups is 1. The molecule has 0 spiro atoms. The predicted molar refractivity (Wildman–Crippen MR) is 204 cm³/mol. The van der Waals surface area contributed by atoms with E-state index in [1.54, 1.807) is 48.5 Å². The van der Waals surface area contributed by atoms with E-state index in [0.717, 1.165) is 10.4 Å². The average molecular weight is 753 g/mol. The summed E-state index contributed by atoms with van der Waals surface area (Å²) in [4.78, 5) is 55.8. The highest BCUT2D eigenvalue weighted by Gasteiger charge is 2.51. The molecule has 0 aliphatic rings. The lowest BCUT2D eigenvalue weighted by molar-refractivity contribution is -0.136. The zero-order chi connectivity index (χ0) is 39.0. The highest BCUT2D eigenvalue weighted by atomic mass is 28.4. The van der Waals surface area contributed by atoms with Gasteiger partial charge in [0, 0.05) is 12.0 Å². The summed E-state index contributed by atoms with van der Waals surface area (Å²) in [5.41, 5.74) is 9.98. The fraction of sp³-hybridized carbons (Fsp3) is 0.300. The van der Waals surface area contributed by atoms with Crippen LogP contribution in [0.3, 0.4) is 0 Å². The number of carbonyl (C=O) groups is 4. The maximum atomic E-state index is 14.2. The Morgan fingerprint density at radius 2 is 1.30 bits per heavy atom. The Balaban J connectivity index is 1.72. The predicted octanol–water partition coefficient (Wildman–Crippen LogP) is 5.00. The van der Waals surface area contributed by atoms with Crippen LogP contribution in [0.2, 0.25) is 5.04 Å². The highest BCUT2D eigenvalue weighted by Crippen LogP contribution is 2.37. The molecule has 1 N–H and O–H groups in total. The van der Waals surface area contributed by atoms with Gasteiger partial charge < -0.3 is 28.7 Å². The van der Waals surface area contributed by atoms with Gasteiger partial charge in [0.25, 0.3) is 8.32 Å². The van der Waals surface area contributed by atoms with Crippen LogP contribution >= 0.6 is 0 Å². The molecular weight excluding hydrogens is 709 g/mol. The molecule has 13 nitrogen and oxygen atoms in total. The lowest BCUT2D eigenvalue weighted by atomic mass is 10.1. The highest BCUT2D eigenvalue weighted by molar-refractivity contribution is 6.99. The van der Waals surface area contributed by atoms with E-state index in [9.17, 15) is 24.7 Å². The fourth-order valence-corrected chi connectivity index (χ4v) is 10.6. The molecule has 0 saturated carbocycles. The molecule has 4 rings (SSSR count). The molecule has 1 amide bonds. The molecule has 54 heavy (non-hydrogen) atoms. The van der Waals surface area contributed by atoms with E-state index >= 15 is 0 Å². The van der Waals surface area contributed by atoms with Crippen molar-refractivity contribution >= 4 is 42.8 Å². The Labute approximate surface area is 315 Å². The van der Waals surface area contributed by atoms with Crippen molar-refractivity contribution < 1.29 is 42.6 Å². The maximum absolute atomic E-state index is 14.2. The molecule has 4 aromatic rings. The number of ether oxygens (including phenoxy) is 4. The van der Waals surface area contributed by atoms with Gasteiger partial charge >= 0.3 is 11.9 Å². The van der Waals surface area contributed by atoms with E-state index in [1.807, 2.05) is 60.7 Å². The molecule has 4 atom stereocenters. The van der Waals surface area contributed by atoms with Gasteiger partial charge in [-0.15, -0.1) is 0 Å². The minimum atomic E-state index is -3.25. The van der Waals surface area contributed by atoms with Crippen LogP contribution in [-0.4, -0.2) is 83.9 Å². The number of esters is 2. The number of nitrogens with one attached hydrogen (secondary N) is 1. The van der Waals surface area contributed by atoms with Crippen molar-refractivity contribution in [3.05, 3.63) is 143 Å². The van der Waals surface area contributed by atoms with Gasteiger partial charge in [-0.2, -0.15) is 0 Å². The Bertz CT molecular complexity index is 1820. The number of amides is 1. The van der Waals surface area contributed by atoms with Crippen molar-refractivity contribution in [3.8, 4) is 0 Å². The third kappa shape index (κ3) is 10.5. The number of nitrogens with zero attached hydrogens (tertiary/aromatic N) is 3. The summed E-state index contributed by atoms with van der Waals surface area (Å²) in [5, 5.41) is 7.79. The van der Waals surface area contributed by atoms with Crippen LogP contribution < -0.4 is 15.7 Å². The monoisotopic (exact) mass is 752 g/mol. The first-order valence-electron chi connectivity index (χ1n) is 17.2. The lowest BCUT2D eigenvalue weighted by Crippen LogP contribution is -2.68. The van der Waals surface area contributed by atoms with E-state index in [2.05, 4.69) is 36.1 Å². The van der Waals surface area contributed by atoms with Gasteiger partial charge in [0.05, 0.1) is 23.8 Å². The van der Waals surface area contributed by atoms with Crippen LogP contribution in [0.4, 0.5) is 0 Å². The van der Waals surface area contributed by atoms with Gasteiger partial charge in [-0.3, -0.25) is 9.59 Å². The number of rotatable bonds is 19. The van der Waals surface area contributed by atoms with Gasteiger partial charge in [0.1, 0.15) is 25.5 Å². The molecule has 0 heterocycles. The number of aldehydes is 1. The zero-order valence-corrected chi connectivity index (χ0v) is 31.6. The summed E-state index contributed by atoms with van der Waals surface area (Å²) in [5.74, 6) is -2.42. The molecule has 4 aromatic carbocycles. The van der Waals surface area contributed by atoms with Crippen molar-refractivity contribution in [2.75, 3.05) is 27.1 Å². The Kier molecular flexibility index (Phi) is 15.2. The van der Waals surface area contributed by atoms with Crippen LogP contribution in [-0.2, 0) is 33.0 Å². The molecule has 0 unspecified atom stereocenters. The van der Waals surface area contributed by atoms with Crippen LogP contribution in [0.15, 0.2) is 126 Å². The molecule has 0 aliphatic carbocycles. The minimum Gasteiger partial charge on any atom is -0.459 e. The van der Waals surface area contributed by atoms with Gasteiger partial charge in [-0.1, -0.05) is 123 Å². The number of methoxy groups -OCH3 is 1. The minimum absolute atomic E-state index is 0.183. The van der Waals surface area contributed by atoms with Crippen LogP contribution in [0, 0.1) is 0 Å². The topological polar surface area (TPSA) is 175 Å². The number of carbonyl (C=O) groups excluding carboxylic acids is 4. The second-order valence-corrected chi connectivity index (χ2v) is 17.5. The van der Waals surface area contributed by atoms with E-state index in [0.29, 0.717) is 6.29 Å².